The normalized spacial score (nSPS) is 12.3. The predicted molar refractivity (Wildman–Crippen MR) is 130 cm³/mol. The first-order chi connectivity index (χ1) is 15.1. The zero-order chi connectivity index (χ0) is 23.7. The fraction of sp³-hybridized carbons (Fsp3) is 0.583. The number of hydrogen-bond acceptors (Lipinski definition) is 6. The van der Waals surface area contributed by atoms with E-state index in [0.717, 1.165) is 24.2 Å². The minimum absolute atomic E-state index is 0.118. The molecule has 1 heterocycles. The van der Waals surface area contributed by atoms with Crippen molar-refractivity contribution in [2.75, 3.05) is 25.5 Å². The molecule has 0 aliphatic carbocycles. The van der Waals surface area contributed by atoms with Crippen LogP contribution in [-0.4, -0.2) is 47.1 Å². The molecule has 0 saturated carbocycles. The number of benzene rings is 1. The van der Waals surface area contributed by atoms with E-state index in [0.29, 0.717) is 35.6 Å². The van der Waals surface area contributed by atoms with Gasteiger partial charge in [-0.05, 0) is 36.3 Å². The molecular weight excluding hydrogens is 424 g/mol. The molecule has 0 bridgehead atoms. The van der Waals surface area contributed by atoms with E-state index in [1.807, 2.05) is 31.2 Å². The lowest BCUT2D eigenvalue weighted by Gasteiger charge is -2.26. The molecule has 8 heteroatoms. The summed E-state index contributed by atoms with van der Waals surface area (Å²) in [5.41, 5.74) is 1.08. The van der Waals surface area contributed by atoms with E-state index in [1.165, 1.54) is 11.3 Å². The van der Waals surface area contributed by atoms with E-state index in [1.54, 1.807) is 12.0 Å². The number of hydrogen-bond donors (Lipinski definition) is 1. The molecule has 0 fully saturated rings. The highest BCUT2D eigenvalue weighted by molar-refractivity contribution is 7.18. The van der Waals surface area contributed by atoms with E-state index in [4.69, 9.17) is 4.74 Å². The van der Waals surface area contributed by atoms with E-state index in [-0.39, 0.29) is 23.7 Å². The number of carbonyl (C=O) groups excluding carboxylic acids is 2. The monoisotopic (exact) mass is 460 g/mol. The van der Waals surface area contributed by atoms with Crippen LogP contribution in [0.25, 0.3) is 10.6 Å². The van der Waals surface area contributed by atoms with Crippen LogP contribution in [0.1, 0.15) is 60.3 Å². The maximum atomic E-state index is 12.8. The van der Waals surface area contributed by atoms with Gasteiger partial charge in [-0.25, -0.2) is 0 Å². The molecule has 176 valence electrons. The number of rotatable bonds is 11. The maximum Gasteiger partial charge on any atom is 0.227 e. The molecule has 2 aromatic rings. The largest absolute Gasteiger partial charge is 0.497 e. The molecule has 2 amide bonds. The van der Waals surface area contributed by atoms with Crippen LogP contribution >= 0.6 is 11.3 Å². The van der Waals surface area contributed by atoms with Gasteiger partial charge in [0.15, 0.2) is 0 Å². The predicted octanol–water partition coefficient (Wildman–Crippen LogP) is 5.24. The third-order valence-electron chi connectivity index (χ3n) is 4.93. The number of aromatic nitrogens is 2. The Kier molecular flexibility index (Phi) is 9.62. The molecule has 0 saturated heterocycles. The van der Waals surface area contributed by atoms with Crippen molar-refractivity contribution >= 4 is 28.3 Å². The van der Waals surface area contributed by atoms with Gasteiger partial charge in [-0.2, -0.15) is 0 Å². The number of ether oxygens (including phenoxy) is 1. The first-order valence-corrected chi connectivity index (χ1v) is 12.0. The number of nitrogens with zero attached hydrogens (tertiary/aromatic N) is 3. The molecule has 32 heavy (non-hydrogen) atoms. The molecule has 1 aromatic carbocycles. The first kappa shape index (κ1) is 25.8. The van der Waals surface area contributed by atoms with Crippen LogP contribution in [0.3, 0.4) is 0 Å². The topological polar surface area (TPSA) is 84.4 Å². The summed E-state index contributed by atoms with van der Waals surface area (Å²) in [4.78, 5) is 27.1. The average molecular weight is 461 g/mol. The van der Waals surface area contributed by atoms with Gasteiger partial charge >= 0.3 is 0 Å². The Bertz CT molecular complexity index is 891. The van der Waals surface area contributed by atoms with Crippen molar-refractivity contribution in [1.29, 1.82) is 0 Å². The van der Waals surface area contributed by atoms with Gasteiger partial charge in [0, 0.05) is 31.5 Å². The quantitative estimate of drug-likeness (QED) is 0.495. The van der Waals surface area contributed by atoms with Gasteiger partial charge in [0.25, 0.3) is 0 Å². The minimum Gasteiger partial charge on any atom is -0.497 e. The van der Waals surface area contributed by atoms with Gasteiger partial charge in [0.05, 0.1) is 7.11 Å². The van der Waals surface area contributed by atoms with E-state index >= 15 is 0 Å². The summed E-state index contributed by atoms with van der Waals surface area (Å²) >= 11 is 1.31. The van der Waals surface area contributed by atoms with Gasteiger partial charge in [-0.1, -0.05) is 58.1 Å². The highest BCUT2D eigenvalue weighted by atomic mass is 32.1. The Morgan fingerprint density at radius 3 is 2.62 bits per heavy atom. The maximum absolute atomic E-state index is 12.8. The summed E-state index contributed by atoms with van der Waals surface area (Å²) in [6, 6.07) is 7.54. The standard InChI is InChI=1S/C24H36N4O3S/c1-7-12-28(21(30)14-17(2)16-24(3,4)5)13-11-20(29)25-23-27-26-22(32-23)18-9-8-10-19(15-18)31-6/h8-10,15,17H,7,11-14,16H2,1-6H3,(H,25,27,29)/t17-/m0/s1. The van der Waals surface area contributed by atoms with Crippen molar-refractivity contribution in [3.63, 3.8) is 0 Å². The van der Waals surface area contributed by atoms with Gasteiger partial charge in [-0.3, -0.25) is 9.59 Å². The first-order valence-electron chi connectivity index (χ1n) is 11.2. The van der Waals surface area contributed by atoms with E-state index in [9.17, 15) is 9.59 Å². The van der Waals surface area contributed by atoms with Crippen LogP contribution in [0.2, 0.25) is 0 Å². The van der Waals surface area contributed by atoms with Gasteiger partial charge in [0.1, 0.15) is 10.8 Å². The third kappa shape index (κ3) is 8.57. The van der Waals surface area contributed by atoms with Crippen molar-refractivity contribution in [2.24, 2.45) is 11.3 Å². The Balaban J connectivity index is 1.89. The summed E-state index contributed by atoms with van der Waals surface area (Å²) in [6.45, 7) is 11.8. The van der Waals surface area contributed by atoms with Crippen LogP contribution in [0.5, 0.6) is 5.75 Å². The smallest absolute Gasteiger partial charge is 0.227 e. The zero-order valence-corrected chi connectivity index (χ0v) is 20.9. The van der Waals surface area contributed by atoms with Crippen molar-refractivity contribution in [1.82, 2.24) is 15.1 Å². The highest BCUT2D eigenvalue weighted by Crippen LogP contribution is 2.29. The highest BCUT2D eigenvalue weighted by Gasteiger charge is 2.21. The number of anilines is 1. The third-order valence-corrected chi connectivity index (χ3v) is 5.81. The van der Waals surface area contributed by atoms with Crippen LogP contribution in [-0.2, 0) is 9.59 Å². The molecule has 1 atom stereocenters. The second-order valence-electron chi connectivity index (χ2n) is 9.40. The average Bonchev–Trinajstić information content (AvgIpc) is 3.18. The Hall–Kier alpha value is -2.48. The molecule has 0 aliphatic heterocycles. The Morgan fingerprint density at radius 1 is 1.22 bits per heavy atom. The second-order valence-corrected chi connectivity index (χ2v) is 10.4. The van der Waals surface area contributed by atoms with Crippen molar-refractivity contribution in [3.8, 4) is 16.3 Å². The molecule has 0 unspecified atom stereocenters. The fourth-order valence-corrected chi connectivity index (χ4v) is 4.50. The minimum atomic E-state index is -0.171. The Labute approximate surface area is 195 Å². The Morgan fingerprint density at radius 2 is 1.97 bits per heavy atom. The lowest BCUT2D eigenvalue weighted by atomic mass is 9.84. The van der Waals surface area contributed by atoms with Gasteiger partial charge in [-0.15, -0.1) is 10.2 Å². The fourth-order valence-electron chi connectivity index (χ4n) is 3.74. The van der Waals surface area contributed by atoms with E-state index < -0.39 is 0 Å². The molecule has 7 nitrogen and oxygen atoms in total. The summed E-state index contributed by atoms with van der Waals surface area (Å²) in [7, 11) is 1.61. The SMILES string of the molecule is CCCN(CCC(=O)Nc1nnc(-c2cccc(OC)c2)s1)C(=O)C[C@H](C)CC(C)(C)C. The van der Waals surface area contributed by atoms with Crippen LogP contribution in [0.15, 0.2) is 24.3 Å². The molecule has 0 aliphatic rings. The molecular formula is C24H36N4O3S. The molecule has 0 radical (unpaired) electrons. The number of methoxy groups -OCH3 is 1. The van der Waals surface area contributed by atoms with Crippen LogP contribution < -0.4 is 10.1 Å². The lowest BCUT2D eigenvalue weighted by Crippen LogP contribution is -2.35. The lowest BCUT2D eigenvalue weighted by molar-refractivity contribution is -0.132. The molecule has 0 spiro atoms. The molecule has 1 aromatic heterocycles. The number of amides is 2. The molecule has 2 rings (SSSR count). The summed E-state index contributed by atoms with van der Waals surface area (Å²) < 4.78 is 5.24. The van der Waals surface area contributed by atoms with E-state index in [2.05, 4.69) is 43.2 Å². The van der Waals surface area contributed by atoms with Crippen molar-refractivity contribution in [2.45, 2.75) is 60.3 Å². The number of nitrogens with one attached hydrogen (secondary N) is 1. The molecule has 1 N–H and O–H groups in total. The summed E-state index contributed by atoms with van der Waals surface area (Å²) in [5.74, 6) is 0.996. The second kappa shape index (κ2) is 11.9. The van der Waals surface area contributed by atoms with Gasteiger partial charge < -0.3 is 15.0 Å². The van der Waals surface area contributed by atoms with Gasteiger partial charge in [0.2, 0.25) is 16.9 Å². The van der Waals surface area contributed by atoms with Crippen molar-refractivity contribution in [3.05, 3.63) is 24.3 Å². The van der Waals surface area contributed by atoms with Crippen LogP contribution in [0, 0.1) is 11.3 Å². The van der Waals surface area contributed by atoms with Crippen LogP contribution in [0.4, 0.5) is 5.13 Å². The van der Waals surface area contributed by atoms with Crippen molar-refractivity contribution < 1.29 is 14.3 Å². The summed E-state index contributed by atoms with van der Waals surface area (Å²) in [6.07, 6.45) is 2.60. The summed E-state index contributed by atoms with van der Waals surface area (Å²) in [5, 5.41) is 12.2. The zero-order valence-electron chi connectivity index (χ0n) is 20.1. The number of carbonyl (C=O) groups is 2.